The Morgan fingerprint density at radius 2 is 0.134 bits per heavy atom. The maximum atomic E-state index is 8.63. The molecule has 45 nitrogen and oxygen atoms in total. The second kappa shape index (κ2) is 146. The van der Waals surface area contributed by atoms with Gasteiger partial charge in [0.2, 0.25) is 0 Å². The zero-order valence-corrected chi connectivity index (χ0v) is 92.2. The van der Waals surface area contributed by atoms with Gasteiger partial charge in [-0.15, -0.1) is 0 Å². The Morgan fingerprint density at radius 3 is 0.208 bits per heavy atom. The summed E-state index contributed by atoms with van der Waals surface area (Å²) in [6, 6.07) is 0. The minimum Gasteiger partial charge on any atom is -0.394 e. The normalized spacial score (nSPS) is 11.9. The molecule has 0 radical (unpaired) electrons. The first-order valence-electron chi connectivity index (χ1n) is 55.4. The summed E-state index contributed by atoms with van der Waals surface area (Å²) in [5.41, 5.74) is 0. The SMILES string of the molecule is CCCCCCCCCCCCCCCCOCCOCCOCCOCCOCCOCCOCCOCCOCCOCCOCCOCCOCCOCCOCCOCCOCCOCCOCCOCCOCCOCCOCCOCCOCCOCCOCCOCCOCCOCCOCCOCCOCCOCCOCCOCCOCCOCCOCCOCCOCCOCCOCCOCCO. The van der Waals surface area contributed by atoms with Crippen LogP contribution < -0.4 is 0 Å². The van der Waals surface area contributed by atoms with E-state index in [4.69, 9.17) is 214 Å². The highest BCUT2D eigenvalue weighted by atomic mass is 16.7. The van der Waals surface area contributed by atoms with Crippen molar-refractivity contribution in [2.75, 3.05) is 588 Å². The van der Waals surface area contributed by atoms with Gasteiger partial charge in [0.15, 0.2) is 0 Å². The topological polar surface area (TPSA) is 426 Å². The first-order valence-corrected chi connectivity index (χ1v) is 55.4. The van der Waals surface area contributed by atoms with E-state index in [0.29, 0.717) is 575 Å². The lowest BCUT2D eigenvalue weighted by Gasteiger charge is -2.09. The van der Waals surface area contributed by atoms with E-state index >= 15 is 0 Å². The predicted molar refractivity (Wildman–Crippen MR) is 553 cm³/mol. The Morgan fingerprint density at radius 1 is 0.0738 bits per heavy atom. The third kappa shape index (κ3) is 146. The molecular formula is C104H210O45. The summed E-state index contributed by atoms with van der Waals surface area (Å²) in [6.07, 6.45) is 19.1. The number of hydrogen-bond acceptors (Lipinski definition) is 45. The molecule has 0 aromatic carbocycles. The average molecular weight is 2180 g/mol. The summed E-state index contributed by atoms with van der Waals surface area (Å²) in [5, 5.41) is 8.63. The fourth-order valence-electron chi connectivity index (χ4n) is 12.0. The van der Waals surface area contributed by atoms with Gasteiger partial charge in [0.05, 0.1) is 581 Å². The Kier molecular flexibility index (Phi) is 144. The molecule has 0 spiro atoms. The van der Waals surface area contributed by atoms with E-state index in [1.165, 1.54) is 83.5 Å². The highest BCUT2D eigenvalue weighted by Gasteiger charge is 2.08. The van der Waals surface area contributed by atoms with E-state index in [1.807, 2.05) is 0 Å². The zero-order chi connectivity index (χ0) is 106. The van der Waals surface area contributed by atoms with Crippen LogP contribution >= 0.6 is 0 Å². The second-order valence-electron chi connectivity index (χ2n) is 32.3. The van der Waals surface area contributed by atoms with Crippen molar-refractivity contribution < 1.29 is 214 Å². The Bertz CT molecular complexity index is 1880. The van der Waals surface area contributed by atoms with E-state index in [0.717, 1.165) is 13.0 Å². The molecule has 1 N–H and O–H groups in total. The summed E-state index contributed by atoms with van der Waals surface area (Å²) < 4.78 is 244. The van der Waals surface area contributed by atoms with Gasteiger partial charge in [-0.1, -0.05) is 90.4 Å². The summed E-state index contributed by atoms with van der Waals surface area (Å²) in [4.78, 5) is 0. The quantitative estimate of drug-likeness (QED) is 0.0663. The van der Waals surface area contributed by atoms with E-state index in [9.17, 15) is 0 Å². The molecule has 0 aliphatic carbocycles. The highest BCUT2D eigenvalue weighted by Crippen LogP contribution is 2.14. The molecule has 0 unspecified atom stereocenters. The van der Waals surface area contributed by atoms with Gasteiger partial charge in [-0.25, -0.2) is 0 Å². The van der Waals surface area contributed by atoms with Crippen LogP contribution in [0.15, 0.2) is 0 Å². The fraction of sp³-hybridized carbons (Fsp3) is 1.00. The lowest BCUT2D eigenvalue weighted by molar-refractivity contribution is -0.0329. The maximum absolute atomic E-state index is 8.63. The number of aliphatic hydroxyl groups excluding tert-OH is 1. The van der Waals surface area contributed by atoms with Crippen LogP contribution in [0.5, 0.6) is 0 Å². The van der Waals surface area contributed by atoms with Crippen molar-refractivity contribution in [2.24, 2.45) is 0 Å². The van der Waals surface area contributed by atoms with Gasteiger partial charge in [0.1, 0.15) is 0 Å². The van der Waals surface area contributed by atoms with Gasteiger partial charge >= 0.3 is 0 Å². The van der Waals surface area contributed by atoms with Crippen molar-refractivity contribution in [3.8, 4) is 0 Å². The van der Waals surface area contributed by atoms with Gasteiger partial charge < -0.3 is 214 Å². The Labute approximate surface area is 894 Å². The lowest BCUT2D eigenvalue weighted by atomic mass is 10.0. The standard InChI is InChI=1S/C104H210O45/c1-2-3-4-5-6-7-8-9-10-11-12-13-14-15-17-106-19-21-108-23-25-110-27-29-112-31-33-114-35-37-116-39-41-118-43-45-120-47-49-122-51-53-124-55-57-126-59-61-128-63-65-130-67-69-132-71-73-134-75-77-136-79-81-138-83-85-140-87-89-142-91-93-144-95-97-146-99-101-148-103-104-149-102-100-147-98-96-145-94-92-143-90-88-141-86-84-139-82-80-137-78-76-135-74-72-133-70-68-131-66-64-129-62-60-127-58-56-125-54-52-123-50-48-121-46-44-119-42-40-117-38-36-115-34-32-113-30-28-111-26-24-109-22-20-107-18-16-105/h105H,2-104H2,1H3. The molecule has 0 rings (SSSR count). The van der Waals surface area contributed by atoms with E-state index < -0.39 is 0 Å². The van der Waals surface area contributed by atoms with Crippen molar-refractivity contribution in [2.45, 2.75) is 96.8 Å². The summed E-state index contributed by atoms with van der Waals surface area (Å²) >= 11 is 0. The van der Waals surface area contributed by atoms with Crippen LogP contribution in [-0.2, 0) is 208 Å². The van der Waals surface area contributed by atoms with E-state index in [1.54, 1.807) is 0 Å². The van der Waals surface area contributed by atoms with Crippen LogP contribution in [0.25, 0.3) is 0 Å². The molecule has 0 aliphatic heterocycles. The van der Waals surface area contributed by atoms with Crippen LogP contribution in [-0.4, -0.2) is 593 Å². The monoisotopic (exact) mass is 2180 g/mol. The summed E-state index contributed by atoms with van der Waals surface area (Å²) in [7, 11) is 0. The third-order valence-corrected chi connectivity index (χ3v) is 19.9. The molecular weight excluding hydrogens is 1970 g/mol. The van der Waals surface area contributed by atoms with Crippen LogP contribution in [0.2, 0.25) is 0 Å². The first kappa shape index (κ1) is 147. The van der Waals surface area contributed by atoms with Gasteiger partial charge in [-0.3, -0.25) is 0 Å². The number of unbranched alkanes of at least 4 members (excludes halogenated alkanes) is 13. The maximum Gasteiger partial charge on any atom is 0.0701 e. The van der Waals surface area contributed by atoms with Crippen molar-refractivity contribution in [1.82, 2.24) is 0 Å². The molecule has 149 heavy (non-hydrogen) atoms. The summed E-state index contributed by atoms with van der Waals surface area (Å²) in [5.74, 6) is 0. The molecule has 0 saturated heterocycles. The number of aliphatic hydroxyl groups is 1. The molecule has 0 saturated carbocycles. The van der Waals surface area contributed by atoms with Crippen molar-refractivity contribution in [3.63, 3.8) is 0 Å². The molecule has 0 amide bonds. The second-order valence-corrected chi connectivity index (χ2v) is 32.3. The van der Waals surface area contributed by atoms with Gasteiger partial charge in [0.25, 0.3) is 0 Å². The predicted octanol–water partition coefficient (Wildman–Crippen LogP) is 6.19. The largest absolute Gasteiger partial charge is 0.394 e. The molecule has 0 heterocycles. The number of ether oxygens (including phenoxy) is 44. The van der Waals surface area contributed by atoms with Crippen LogP contribution in [0.4, 0.5) is 0 Å². The Balaban J connectivity index is 3.11. The molecule has 896 valence electrons. The van der Waals surface area contributed by atoms with Gasteiger partial charge in [-0.05, 0) is 6.42 Å². The van der Waals surface area contributed by atoms with E-state index in [-0.39, 0.29) is 6.61 Å². The number of rotatable bonds is 146. The van der Waals surface area contributed by atoms with Gasteiger partial charge in [-0.2, -0.15) is 0 Å². The van der Waals surface area contributed by atoms with Crippen molar-refractivity contribution >= 4 is 0 Å². The van der Waals surface area contributed by atoms with Crippen molar-refractivity contribution in [3.05, 3.63) is 0 Å². The lowest BCUT2D eigenvalue weighted by Crippen LogP contribution is -2.16. The number of hydrogen-bond donors (Lipinski definition) is 1. The minimum absolute atomic E-state index is 0.0144. The molecule has 0 aromatic heterocycles. The summed E-state index contributed by atoms with van der Waals surface area (Å²) in [6.45, 7) is 45.2. The first-order chi connectivity index (χ1) is 74.4. The minimum atomic E-state index is 0.0144. The van der Waals surface area contributed by atoms with Crippen LogP contribution in [0, 0.1) is 0 Å². The molecule has 0 aliphatic rings. The molecule has 0 fully saturated rings. The smallest absolute Gasteiger partial charge is 0.0701 e. The van der Waals surface area contributed by atoms with Crippen LogP contribution in [0.1, 0.15) is 96.8 Å². The third-order valence-electron chi connectivity index (χ3n) is 19.9. The highest BCUT2D eigenvalue weighted by molar-refractivity contribution is 4.53. The average Bonchev–Trinajstić information content (AvgIpc) is 1.08. The zero-order valence-electron chi connectivity index (χ0n) is 92.2. The van der Waals surface area contributed by atoms with Gasteiger partial charge in [0, 0.05) is 6.61 Å². The Hall–Kier alpha value is -1.80. The molecule has 0 bridgehead atoms. The van der Waals surface area contributed by atoms with E-state index in [2.05, 4.69) is 6.92 Å². The van der Waals surface area contributed by atoms with Crippen LogP contribution in [0.3, 0.4) is 0 Å². The molecule has 45 heteroatoms. The molecule has 0 aromatic rings. The fourth-order valence-corrected chi connectivity index (χ4v) is 12.0. The van der Waals surface area contributed by atoms with Crippen molar-refractivity contribution in [1.29, 1.82) is 0 Å². The molecule has 0 atom stereocenters.